The molecule has 20 heavy (non-hydrogen) atoms. The quantitative estimate of drug-likeness (QED) is 0.793. The van der Waals surface area contributed by atoms with E-state index in [0.717, 1.165) is 34.6 Å². The molecule has 0 saturated heterocycles. The number of benzene rings is 1. The summed E-state index contributed by atoms with van der Waals surface area (Å²) in [6.07, 6.45) is 6.62. The molecule has 0 fully saturated rings. The van der Waals surface area contributed by atoms with E-state index in [1.54, 1.807) is 6.20 Å². The van der Waals surface area contributed by atoms with Crippen molar-refractivity contribution in [1.82, 2.24) is 14.4 Å². The number of nitrogens with zero attached hydrogens (tertiary/aromatic N) is 3. The first-order valence-corrected chi connectivity index (χ1v) is 7.36. The van der Waals surface area contributed by atoms with Gasteiger partial charge >= 0.3 is 0 Å². The molecule has 1 N–H and O–H groups in total. The smallest absolute Gasteiger partial charge is 0.155 e. The molecule has 0 amide bonds. The predicted octanol–water partition coefficient (Wildman–Crippen LogP) is 3.67. The maximum Gasteiger partial charge on any atom is 0.155 e. The molecule has 0 aliphatic rings. The van der Waals surface area contributed by atoms with Crippen LogP contribution in [0.1, 0.15) is 18.2 Å². The Labute approximate surface area is 126 Å². The van der Waals surface area contributed by atoms with Crippen LogP contribution in [-0.4, -0.2) is 14.4 Å². The fourth-order valence-corrected chi connectivity index (χ4v) is 2.40. The number of nitrogens with one attached hydrogen (secondary N) is 1. The molecule has 0 spiro atoms. The second kappa shape index (κ2) is 5.63. The van der Waals surface area contributed by atoms with Gasteiger partial charge in [-0.1, -0.05) is 19.1 Å². The van der Waals surface area contributed by atoms with Gasteiger partial charge in [0.15, 0.2) is 5.65 Å². The van der Waals surface area contributed by atoms with E-state index in [1.165, 1.54) is 5.56 Å². The van der Waals surface area contributed by atoms with Crippen molar-refractivity contribution in [2.45, 2.75) is 19.9 Å². The lowest BCUT2D eigenvalue weighted by atomic mass is 10.1. The van der Waals surface area contributed by atoms with Crippen LogP contribution in [0.25, 0.3) is 5.65 Å². The van der Waals surface area contributed by atoms with Crippen molar-refractivity contribution in [3.63, 3.8) is 0 Å². The number of hydrogen-bond acceptors (Lipinski definition) is 3. The standard InChI is InChI=1S/C15H15BrN4/c1-2-11-3-5-12(6-4-11)17-7-13-8-19-15-9-18-14(16)10-20(13)15/h3-6,8-10,17H,2,7H2,1H3. The van der Waals surface area contributed by atoms with Crippen LogP contribution in [0.3, 0.4) is 0 Å². The van der Waals surface area contributed by atoms with Gasteiger partial charge < -0.3 is 5.32 Å². The Bertz CT molecular complexity index is 718. The second-order valence-corrected chi connectivity index (χ2v) is 5.40. The highest BCUT2D eigenvalue weighted by Crippen LogP contribution is 2.14. The predicted molar refractivity (Wildman–Crippen MR) is 83.8 cm³/mol. The van der Waals surface area contributed by atoms with Gasteiger partial charge in [0, 0.05) is 11.9 Å². The molecule has 1 aromatic carbocycles. The van der Waals surface area contributed by atoms with E-state index >= 15 is 0 Å². The minimum absolute atomic E-state index is 0.725. The Morgan fingerprint density at radius 3 is 2.70 bits per heavy atom. The lowest BCUT2D eigenvalue weighted by Gasteiger charge is -2.07. The molecule has 102 valence electrons. The molecule has 4 nitrogen and oxygen atoms in total. The van der Waals surface area contributed by atoms with Gasteiger partial charge in [0.25, 0.3) is 0 Å². The third-order valence-corrected chi connectivity index (χ3v) is 3.69. The lowest BCUT2D eigenvalue weighted by molar-refractivity contribution is 0.983. The van der Waals surface area contributed by atoms with Crippen LogP contribution in [0.15, 0.2) is 47.5 Å². The molecule has 5 heteroatoms. The first-order valence-electron chi connectivity index (χ1n) is 6.56. The zero-order chi connectivity index (χ0) is 13.9. The summed E-state index contributed by atoms with van der Waals surface area (Å²) in [4.78, 5) is 8.51. The molecule has 0 saturated carbocycles. The van der Waals surface area contributed by atoms with E-state index < -0.39 is 0 Å². The van der Waals surface area contributed by atoms with E-state index in [9.17, 15) is 0 Å². The SMILES string of the molecule is CCc1ccc(NCc2cnc3cnc(Br)cn23)cc1. The number of anilines is 1. The molecule has 0 aliphatic heterocycles. The van der Waals surface area contributed by atoms with Crippen molar-refractivity contribution in [2.75, 3.05) is 5.32 Å². The molecule has 0 atom stereocenters. The van der Waals surface area contributed by atoms with E-state index in [0.29, 0.717) is 0 Å². The lowest BCUT2D eigenvalue weighted by Crippen LogP contribution is -2.03. The summed E-state index contributed by atoms with van der Waals surface area (Å²) in [6.45, 7) is 2.88. The van der Waals surface area contributed by atoms with Crippen LogP contribution >= 0.6 is 15.9 Å². The van der Waals surface area contributed by atoms with Crippen molar-refractivity contribution < 1.29 is 0 Å². The largest absolute Gasteiger partial charge is 0.379 e. The summed E-state index contributed by atoms with van der Waals surface area (Å²) in [7, 11) is 0. The van der Waals surface area contributed by atoms with Crippen LogP contribution in [0, 0.1) is 0 Å². The van der Waals surface area contributed by atoms with Gasteiger partial charge in [0.05, 0.1) is 24.6 Å². The number of fused-ring (bicyclic) bond motifs is 1. The fraction of sp³-hybridized carbons (Fsp3) is 0.200. The average molecular weight is 331 g/mol. The minimum Gasteiger partial charge on any atom is -0.379 e. The van der Waals surface area contributed by atoms with Crippen molar-refractivity contribution in [2.24, 2.45) is 0 Å². The maximum absolute atomic E-state index is 4.34. The van der Waals surface area contributed by atoms with Crippen LogP contribution in [0.2, 0.25) is 0 Å². The Morgan fingerprint density at radius 2 is 1.95 bits per heavy atom. The third-order valence-electron chi connectivity index (χ3n) is 3.28. The number of aromatic nitrogens is 3. The van der Waals surface area contributed by atoms with Gasteiger partial charge in [-0.05, 0) is 40.0 Å². The van der Waals surface area contributed by atoms with Crippen LogP contribution in [0.5, 0.6) is 0 Å². The van der Waals surface area contributed by atoms with Gasteiger partial charge in [-0.25, -0.2) is 9.97 Å². The van der Waals surface area contributed by atoms with Crippen LogP contribution < -0.4 is 5.32 Å². The van der Waals surface area contributed by atoms with Crippen LogP contribution in [0.4, 0.5) is 5.69 Å². The highest BCUT2D eigenvalue weighted by molar-refractivity contribution is 9.10. The summed E-state index contributed by atoms with van der Waals surface area (Å²) >= 11 is 3.38. The fourth-order valence-electron chi connectivity index (χ4n) is 2.10. The third kappa shape index (κ3) is 2.67. The van der Waals surface area contributed by atoms with Crippen molar-refractivity contribution in [3.8, 4) is 0 Å². The molecule has 2 heterocycles. The topological polar surface area (TPSA) is 42.2 Å². The van der Waals surface area contributed by atoms with Crippen molar-refractivity contribution in [3.05, 3.63) is 58.7 Å². The highest BCUT2D eigenvalue weighted by Gasteiger charge is 2.04. The summed E-state index contributed by atoms with van der Waals surface area (Å²) in [5, 5.41) is 3.41. The minimum atomic E-state index is 0.725. The van der Waals surface area contributed by atoms with E-state index in [1.807, 2.05) is 16.8 Å². The highest BCUT2D eigenvalue weighted by atomic mass is 79.9. The number of halogens is 1. The first-order chi connectivity index (χ1) is 9.76. The number of imidazole rings is 1. The number of rotatable bonds is 4. The summed E-state index contributed by atoms with van der Waals surface area (Å²) in [5.74, 6) is 0. The zero-order valence-electron chi connectivity index (χ0n) is 11.2. The molecule has 0 aliphatic carbocycles. The molecular formula is C15H15BrN4. The van der Waals surface area contributed by atoms with Gasteiger partial charge in [-0.15, -0.1) is 0 Å². The van der Waals surface area contributed by atoms with Gasteiger partial charge in [0.1, 0.15) is 4.60 Å². The Morgan fingerprint density at radius 1 is 1.15 bits per heavy atom. The van der Waals surface area contributed by atoms with Crippen molar-refractivity contribution >= 4 is 27.3 Å². The van der Waals surface area contributed by atoms with E-state index in [4.69, 9.17) is 0 Å². The Kier molecular flexibility index (Phi) is 3.69. The zero-order valence-corrected chi connectivity index (χ0v) is 12.8. The molecule has 0 bridgehead atoms. The molecular weight excluding hydrogens is 316 g/mol. The summed E-state index contributed by atoms with van der Waals surface area (Å²) in [6, 6.07) is 8.52. The number of hydrogen-bond donors (Lipinski definition) is 1. The molecule has 2 aromatic heterocycles. The average Bonchev–Trinajstić information content (AvgIpc) is 2.88. The second-order valence-electron chi connectivity index (χ2n) is 4.59. The van der Waals surface area contributed by atoms with E-state index in [2.05, 4.69) is 62.4 Å². The molecule has 0 unspecified atom stereocenters. The summed E-state index contributed by atoms with van der Waals surface area (Å²) in [5.41, 5.74) is 4.42. The van der Waals surface area contributed by atoms with E-state index in [-0.39, 0.29) is 0 Å². The van der Waals surface area contributed by atoms with Crippen molar-refractivity contribution in [1.29, 1.82) is 0 Å². The van der Waals surface area contributed by atoms with Gasteiger partial charge in [-0.2, -0.15) is 0 Å². The Balaban J connectivity index is 1.77. The van der Waals surface area contributed by atoms with Gasteiger partial charge in [-0.3, -0.25) is 4.40 Å². The molecule has 0 radical (unpaired) electrons. The molecule has 3 aromatic rings. The normalized spacial score (nSPS) is 10.9. The molecule has 3 rings (SSSR count). The monoisotopic (exact) mass is 330 g/mol. The van der Waals surface area contributed by atoms with Crippen LogP contribution in [-0.2, 0) is 13.0 Å². The maximum atomic E-state index is 4.34. The Hall–Kier alpha value is -1.88. The van der Waals surface area contributed by atoms with Gasteiger partial charge in [0.2, 0.25) is 0 Å². The summed E-state index contributed by atoms with van der Waals surface area (Å²) < 4.78 is 2.83. The first kappa shape index (κ1) is 13.1. The number of aryl methyl sites for hydroxylation is 1.